The van der Waals surface area contributed by atoms with Gasteiger partial charge in [0.15, 0.2) is 0 Å². The molecule has 1 saturated heterocycles. The molecule has 5 heteroatoms. The van der Waals surface area contributed by atoms with Crippen LogP contribution < -0.4 is 5.32 Å². The van der Waals surface area contributed by atoms with E-state index in [9.17, 15) is 9.70 Å². The van der Waals surface area contributed by atoms with E-state index in [4.69, 9.17) is 0 Å². The molecule has 0 aromatic heterocycles. The van der Waals surface area contributed by atoms with Crippen molar-refractivity contribution in [2.24, 2.45) is 10.6 Å². The lowest BCUT2D eigenvalue weighted by molar-refractivity contribution is -0.897. The minimum atomic E-state index is -0.553. The van der Waals surface area contributed by atoms with Gasteiger partial charge in [0.05, 0.1) is 27.2 Å². The third kappa shape index (κ3) is 9.23. The number of carbonyl (C=O) groups is 1. The molecule has 1 aliphatic heterocycles. The molecule has 2 rings (SSSR count). The maximum atomic E-state index is 11.7. The second-order valence-corrected chi connectivity index (χ2v) is 9.86. The maximum Gasteiger partial charge on any atom is 0.286 e. The zero-order valence-electron chi connectivity index (χ0n) is 19.7. The molecule has 0 atom stereocenters. The summed E-state index contributed by atoms with van der Waals surface area (Å²) in [7, 11) is 4.40. The van der Waals surface area contributed by atoms with Gasteiger partial charge in [-0.05, 0) is 30.5 Å². The van der Waals surface area contributed by atoms with Crippen molar-refractivity contribution in [1.82, 2.24) is 0 Å². The zero-order chi connectivity index (χ0) is 22.6. The third-order valence-corrected chi connectivity index (χ3v) is 6.65. The second-order valence-electron chi connectivity index (χ2n) is 9.86. The Kier molecular flexibility index (Phi) is 10.2. The van der Waals surface area contributed by atoms with Gasteiger partial charge >= 0.3 is 0 Å². The molecule has 31 heavy (non-hydrogen) atoms. The number of nitroso groups, excluding NO2 is 1. The average Bonchev–Trinajstić information content (AvgIpc) is 2.77. The zero-order valence-corrected chi connectivity index (χ0v) is 19.7. The van der Waals surface area contributed by atoms with Crippen molar-refractivity contribution in [1.29, 1.82) is 0 Å². The van der Waals surface area contributed by atoms with Crippen LogP contribution in [0.5, 0.6) is 0 Å². The molecule has 0 bridgehead atoms. The topological polar surface area (TPSA) is 58.5 Å². The summed E-state index contributed by atoms with van der Waals surface area (Å²) < 4.78 is 0.946. The number of quaternary nitrogens is 1. The van der Waals surface area contributed by atoms with E-state index in [1.165, 1.54) is 44.1 Å². The fourth-order valence-corrected chi connectivity index (χ4v) is 4.30. The Morgan fingerprint density at radius 1 is 1.06 bits per heavy atom. The summed E-state index contributed by atoms with van der Waals surface area (Å²) in [5.74, 6) is 2.66. The SMILES string of the molecule is CCCCCCCCc1ccc(NC#CCC2(CC(=O)N=O)CC[N+](C)(C)CC2)cc1. The molecule has 0 radical (unpaired) electrons. The molecule has 0 unspecified atom stereocenters. The predicted molar refractivity (Wildman–Crippen MR) is 128 cm³/mol. The molecule has 0 spiro atoms. The van der Waals surface area contributed by atoms with Crippen LogP contribution in [0.2, 0.25) is 0 Å². The minimum Gasteiger partial charge on any atom is -0.328 e. The lowest BCUT2D eigenvalue weighted by Gasteiger charge is -2.43. The Morgan fingerprint density at radius 3 is 2.35 bits per heavy atom. The first-order valence-corrected chi connectivity index (χ1v) is 11.9. The van der Waals surface area contributed by atoms with E-state index >= 15 is 0 Å². The average molecular weight is 427 g/mol. The van der Waals surface area contributed by atoms with Gasteiger partial charge in [-0.1, -0.05) is 57.1 Å². The maximum absolute atomic E-state index is 11.7. The van der Waals surface area contributed by atoms with Crippen molar-refractivity contribution in [3.63, 3.8) is 0 Å². The molecule has 1 amide bonds. The Bertz CT molecular complexity index is 749. The molecule has 1 aliphatic rings. The van der Waals surface area contributed by atoms with Crippen molar-refractivity contribution in [3.05, 3.63) is 34.7 Å². The first-order chi connectivity index (χ1) is 14.9. The summed E-state index contributed by atoms with van der Waals surface area (Å²) in [6.45, 7) is 4.23. The number of benzene rings is 1. The monoisotopic (exact) mass is 426 g/mol. The Morgan fingerprint density at radius 2 is 1.71 bits per heavy atom. The number of unbranched alkanes of at least 4 members (excludes halogenated alkanes) is 5. The van der Waals surface area contributed by atoms with Gasteiger partial charge in [-0.2, -0.15) is 0 Å². The molecule has 170 valence electrons. The van der Waals surface area contributed by atoms with Crippen LogP contribution in [0.3, 0.4) is 0 Å². The minimum absolute atomic E-state index is 0.207. The van der Waals surface area contributed by atoms with Gasteiger partial charge in [0.25, 0.3) is 5.91 Å². The molecule has 5 nitrogen and oxygen atoms in total. The third-order valence-electron chi connectivity index (χ3n) is 6.65. The highest BCUT2D eigenvalue weighted by molar-refractivity contribution is 5.77. The number of nitrogens with zero attached hydrogens (tertiary/aromatic N) is 2. The lowest BCUT2D eigenvalue weighted by atomic mass is 9.72. The van der Waals surface area contributed by atoms with Gasteiger partial charge in [-0.15, -0.1) is 4.91 Å². The quantitative estimate of drug-likeness (QED) is 0.158. The number of hydrogen-bond donors (Lipinski definition) is 1. The summed E-state index contributed by atoms with van der Waals surface area (Å²) in [5.41, 5.74) is 2.13. The summed E-state index contributed by atoms with van der Waals surface area (Å²) in [4.78, 5) is 22.4. The second kappa shape index (κ2) is 12.6. The van der Waals surface area contributed by atoms with Crippen molar-refractivity contribution in [3.8, 4) is 12.0 Å². The smallest absolute Gasteiger partial charge is 0.286 e. The first-order valence-electron chi connectivity index (χ1n) is 11.9. The van der Waals surface area contributed by atoms with Gasteiger partial charge in [-0.25, -0.2) is 0 Å². The van der Waals surface area contributed by atoms with Crippen molar-refractivity contribution < 1.29 is 9.28 Å². The van der Waals surface area contributed by atoms with Crippen molar-refractivity contribution in [2.45, 2.75) is 77.6 Å². The molecule has 1 N–H and O–H groups in total. The van der Waals surface area contributed by atoms with Gasteiger partial charge < -0.3 is 9.80 Å². The normalized spacial score (nSPS) is 16.7. The molecular formula is C26H40N3O2+. The van der Waals surface area contributed by atoms with Crippen LogP contribution in [0, 0.1) is 22.3 Å². The molecular weight excluding hydrogens is 386 g/mol. The van der Waals surface area contributed by atoms with Crippen LogP contribution in [-0.2, 0) is 11.2 Å². The number of anilines is 1. The van der Waals surface area contributed by atoms with Gasteiger partial charge in [0, 0.05) is 48.0 Å². The van der Waals surface area contributed by atoms with Gasteiger partial charge in [0.2, 0.25) is 0 Å². The van der Waals surface area contributed by atoms with Crippen molar-refractivity contribution in [2.75, 3.05) is 32.5 Å². The van der Waals surface area contributed by atoms with Gasteiger partial charge in [-0.3, -0.25) is 4.79 Å². The Balaban J connectivity index is 1.82. The molecule has 1 fully saturated rings. The number of rotatable bonds is 11. The van der Waals surface area contributed by atoms with E-state index in [0.717, 1.165) is 42.5 Å². The summed E-state index contributed by atoms with van der Waals surface area (Å²) >= 11 is 0. The number of hydrogen-bond acceptors (Lipinski definition) is 3. The van der Waals surface area contributed by atoms with Crippen LogP contribution in [-0.4, -0.2) is 37.6 Å². The van der Waals surface area contributed by atoms with Crippen molar-refractivity contribution >= 4 is 11.6 Å². The number of piperidine rings is 1. The fourth-order valence-electron chi connectivity index (χ4n) is 4.30. The van der Waals surface area contributed by atoms with Crippen LogP contribution in [0.1, 0.15) is 76.7 Å². The fraction of sp³-hybridized carbons (Fsp3) is 0.654. The summed E-state index contributed by atoms with van der Waals surface area (Å²) in [6.07, 6.45) is 11.6. The highest BCUT2D eigenvalue weighted by Crippen LogP contribution is 2.39. The van der Waals surface area contributed by atoms with Gasteiger partial charge in [0.1, 0.15) is 0 Å². The van der Waals surface area contributed by atoms with E-state index in [-0.39, 0.29) is 11.8 Å². The molecule has 1 heterocycles. The molecule has 1 aromatic carbocycles. The van der Waals surface area contributed by atoms with Crippen LogP contribution in [0.4, 0.5) is 5.69 Å². The lowest BCUT2D eigenvalue weighted by Crippen LogP contribution is -2.50. The number of aryl methyl sites for hydroxylation is 1. The van der Waals surface area contributed by atoms with Crippen LogP contribution in [0.25, 0.3) is 0 Å². The largest absolute Gasteiger partial charge is 0.328 e. The Labute approximate surface area is 188 Å². The van der Waals surface area contributed by atoms with E-state index in [0.29, 0.717) is 6.42 Å². The number of likely N-dealkylation sites (tertiary alicyclic amines) is 1. The van der Waals surface area contributed by atoms with E-state index in [1.54, 1.807) is 0 Å². The summed E-state index contributed by atoms with van der Waals surface area (Å²) in [6, 6.07) is 11.6. The van der Waals surface area contributed by atoms with Crippen LogP contribution >= 0.6 is 0 Å². The van der Waals surface area contributed by atoms with Crippen LogP contribution in [0.15, 0.2) is 29.4 Å². The standard InChI is InChI=1S/C26H40N3O2/c1-4-5-6-7-8-9-11-23-12-14-24(15-13-23)27-19-10-16-26(22-25(30)28-31)17-20-29(2,3)21-18-26/h12-15,27H,4-9,11,16-18,20-22H2,1-3H3/q+1. The predicted octanol–water partition coefficient (Wildman–Crippen LogP) is 5.89. The summed E-state index contributed by atoms with van der Waals surface area (Å²) in [5, 5.41) is 5.80. The Hall–Kier alpha value is -2.19. The highest BCUT2D eigenvalue weighted by Gasteiger charge is 2.40. The molecule has 1 aromatic rings. The molecule has 0 aliphatic carbocycles. The first kappa shape index (κ1) is 25.1. The number of nitrogens with one attached hydrogen (secondary N) is 1. The van der Waals surface area contributed by atoms with E-state index in [1.807, 2.05) is 0 Å². The number of amides is 1. The van der Waals surface area contributed by atoms with E-state index in [2.05, 4.69) is 67.7 Å². The number of carbonyl (C=O) groups excluding carboxylic acids is 1. The molecule has 0 saturated carbocycles. The van der Waals surface area contributed by atoms with E-state index < -0.39 is 5.91 Å². The highest BCUT2D eigenvalue weighted by atomic mass is 16.3.